The topological polar surface area (TPSA) is 20.3 Å². The molecule has 4 rings (SSSR count). The normalized spacial score (nSPS) is 22.4. The monoisotopic (exact) mass is 419 g/mol. The molecule has 0 N–H and O–H groups in total. The maximum atomic E-state index is 12.8. The summed E-state index contributed by atoms with van der Waals surface area (Å²) in [4.78, 5) is 14.8. The maximum Gasteiger partial charge on any atom is 0.236 e. The summed E-state index contributed by atoms with van der Waals surface area (Å²) >= 11 is 6.94. The van der Waals surface area contributed by atoms with Crippen molar-refractivity contribution in [1.82, 2.24) is 0 Å². The highest BCUT2D eigenvalue weighted by atomic mass is 79.9. The minimum atomic E-state index is -0.152. The Morgan fingerprint density at radius 2 is 1.45 bits per heavy atom. The van der Waals surface area contributed by atoms with Crippen LogP contribution in [-0.2, 0) is 4.79 Å². The van der Waals surface area contributed by atoms with Crippen molar-refractivity contribution in [3.8, 4) is 0 Å². The van der Waals surface area contributed by atoms with Gasteiger partial charge in [0.2, 0.25) is 5.91 Å². The molecule has 2 aliphatic rings. The Kier molecular flexibility index (Phi) is 3.42. The second-order valence-electron chi connectivity index (χ2n) is 6.12. The van der Waals surface area contributed by atoms with Crippen LogP contribution in [0.3, 0.4) is 0 Å². The van der Waals surface area contributed by atoms with Gasteiger partial charge in [-0.25, -0.2) is 0 Å². The van der Waals surface area contributed by atoms with Gasteiger partial charge in [0.05, 0.1) is 11.5 Å². The highest BCUT2D eigenvalue weighted by molar-refractivity contribution is 9.10. The number of β-lactam (4-membered cyclic amide) rings is 1. The molecule has 0 radical (unpaired) electrons. The zero-order chi connectivity index (χ0) is 15.3. The van der Waals surface area contributed by atoms with Crippen LogP contribution in [0.2, 0.25) is 0 Å². The number of hydrogen-bond acceptors (Lipinski definition) is 1. The van der Waals surface area contributed by atoms with Crippen molar-refractivity contribution in [3.05, 3.63) is 63.0 Å². The highest BCUT2D eigenvalue weighted by Gasteiger charge is 2.64. The summed E-state index contributed by atoms with van der Waals surface area (Å²) in [6, 6.07) is 16.6. The fraction of sp³-hybridized carbons (Fsp3) is 0.278. The van der Waals surface area contributed by atoms with Gasteiger partial charge >= 0.3 is 0 Å². The van der Waals surface area contributed by atoms with E-state index in [-0.39, 0.29) is 17.4 Å². The van der Waals surface area contributed by atoms with Gasteiger partial charge in [-0.05, 0) is 54.8 Å². The van der Waals surface area contributed by atoms with Gasteiger partial charge in [-0.15, -0.1) is 0 Å². The van der Waals surface area contributed by atoms with Crippen LogP contribution in [0, 0.1) is 5.41 Å². The van der Waals surface area contributed by atoms with E-state index in [2.05, 4.69) is 56.1 Å². The van der Waals surface area contributed by atoms with Gasteiger partial charge in [0, 0.05) is 14.6 Å². The van der Waals surface area contributed by atoms with Crippen molar-refractivity contribution in [2.24, 2.45) is 5.41 Å². The number of anilines is 1. The molecule has 1 amide bonds. The average Bonchev–Trinajstić information content (AvgIpc) is 2.46. The molecular weight excluding hydrogens is 406 g/mol. The minimum absolute atomic E-state index is 0.152. The molecule has 0 aromatic heterocycles. The van der Waals surface area contributed by atoms with Crippen LogP contribution in [-0.4, -0.2) is 5.91 Å². The van der Waals surface area contributed by atoms with Gasteiger partial charge in [0.1, 0.15) is 0 Å². The van der Waals surface area contributed by atoms with Crippen LogP contribution >= 0.6 is 31.9 Å². The Labute approximate surface area is 146 Å². The van der Waals surface area contributed by atoms with E-state index in [4.69, 9.17) is 0 Å². The predicted molar refractivity (Wildman–Crippen MR) is 94.8 cm³/mol. The van der Waals surface area contributed by atoms with Crippen LogP contribution in [0.15, 0.2) is 57.5 Å². The van der Waals surface area contributed by atoms with Gasteiger partial charge < -0.3 is 4.90 Å². The van der Waals surface area contributed by atoms with Gasteiger partial charge in [-0.2, -0.15) is 0 Å². The molecule has 2 nitrogen and oxygen atoms in total. The van der Waals surface area contributed by atoms with Crippen molar-refractivity contribution >= 4 is 43.5 Å². The molecule has 1 saturated heterocycles. The summed E-state index contributed by atoms with van der Waals surface area (Å²) in [5.41, 5.74) is 2.06. The summed E-state index contributed by atoms with van der Waals surface area (Å²) < 4.78 is 2.10. The van der Waals surface area contributed by atoms with E-state index >= 15 is 0 Å². The lowest BCUT2D eigenvalue weighted by Gasteiger charge is -2.60. The Morgan fingerprint density at radius 3 is 1.95 bits per heavy atom. The fourth-order valence-electron chi connectivity index (χ4n) is 3.68. The van der Waals surface area contributed by atoms with E-state index in [0.717, 1.165) is 33.9 Å². The molecule has 2 fully saturated rings. The van der Waals surface area contributed by atoms with Crippen LogP contribution in [0.25, 0.3) is 0 Å². The summed E-state index contributed by atoms with van der Waals surface area (Å²) in [6.07, 6.45) is 3.19. The molecule has 0 bridgehead atoms. The SMILES string of the molecule is O=C1N(c2ccc(Br)cc2)C(c2ccc(Br)cc2)C12CCC2. The van der Waals surface area contributed by atoms with Gasteiger partial charge in [-0.1, -0.05) is 50.4 Å². The molecule has 1 aliphatic carbocycles. The largest absolute Gasteiger partial charge is 0.303 e. The number of carbonyl (C=O) groups excluding carboxylic acids is 1. The van der Waals surface area contributed by atoms with E-state index in [0.29, 0.717) is 0 Å². The van der Waals surface area contributed by atoms with Gasteiger partial charge in [0.15, 0.2) is 0 Å². The maximum absolute atomic E-state index is 12.8. The third-order valence-corrected chi connectivity index (χ3v) is 6.02. The molecule has 4 heteroatoms. The molecule has 1 spiro atoms. The van der Waals surface area contributed by atoms with Crippen LogP contribution in [0.4, 0.5) is 5.69 Å². The summed E-state index contributed by atoms with van der Waals surface area (Å²) in [5, 5.41) is 0. The first kappa shape index (κ1) is 14.5. The molecular formula is C18H15Br2NO. The number of carbonyl (C=O) groups is 1. The zero-order valence-electron chi connectivity index (χ0n) is 11.9. The lowest BCUT2D eigenvalue weighted by atomic mass is 9.55. The predicted octanol–water partition coefficient (Wildman–Crippen LogP) is 5.47. The third-order valence-electron chi connectivity index (χ3n) is 4.96. The lowest BCUT2D eigenvalue weighted by Crippen LogP contribution is -2.66. The Hall–Kier alpha value is -1.13. The van der Waals surface area contributed by atoms with E-state index in [1.165, 1.54) is 5.56 Å². The summed E-state index contributed by atoms with van der Waals surface area (Å²) in [6.45, 7) is 0. The Bertz CT molecular complexity index is 720. The molecule has 1 aliphatic heterocycles. The first-order valence-corrected chi connectivity index (χ1v) is 9.05. The smallest absolute Gasteiger partial charge is 0.236 e. The number of halogens is 2. The molecule has 1 saturated carbocycles. The van der Waals surface area contributed by atoms with Crippen LogP contribution in [0.5, 0.6) is 0 Å². The van der Waals surface area contributed by atoms with E-state index < -0.39 is 0 Å². The number of benzene rings is 2. The third kappa shape index (κ3) is 2.00. The standard InChI is InChI=1S/C18H15Br2NO/c19-13-4-2-12(3-5-13)16-18(10-1-11-18)17(22)21(16)15-8-6-14(20)7-9-15/h2-9,16H,1,10-11H2. The minimum Gasteiger partial charge on any atom is -0.303 e. The number of amides is 1. The molecule has 22 heavy (non-hydrogen) atoms. The van der Waals surface area contributed by atoms with Crippen molar-refractivity contribution in [2.45, 2.75) is 25.3 Å². The Morgan fingerprint density at radius 1 is 0.909 bits per heavy atom. The number of rotatable bonds is 2. The zero-order valence-corrected chi connectivity index (χ0v) is 15.1. The van der Waals surface area contributed by atoms with Crippen molar-refractivity contribution in [1.29, 1.82) is 0 Å². The van der Waals surface area contributed by atoms with E-state index in [9.17, 15) is 4.79 Å². The van der Waals surface area contributed by atoms with Crippen molar-refractivity contribution in [3.63, 3.8) is 0 Å². The highest BCUT2D eigenvalue weighted by Crippen LogP contribution is 2.62. The van der Waals surface area contributed by atoms with Crippen molar-refractivity contribution < 1.29 is 4.79 Å². The Balaban J connectivity index is 1.75. The first-order chi connectivity index (χ1) is 10.6. The second kappa shape index (κ2) is 5.20. The van der Waals surface area contributed by atoms with E-state index in [1.807, 2.05) is 29.2 Å². The summed E-state index contributed by atoms with van der Waals surface area (Å²) in [7, 11) is 0. The van der Waals surface area contributed by atoms with Crippen LogP contribution in [0.1, 0.15) is 30.9 Å². The van der Waals surface area contributed by atoms with Gasteiger partial charge in [-0.3, -0.25) is 4.79 Å². The molecule has 1 atom stereocenters. The number of nitrogens with zero attached hydrogens (tertiary/aromatic N) is 1. The fourth-order valence-corrected chi connectivity index (χ4v) is 4.21. The number of hydrogen-bond donors (Lipinski definition) is 0. The molecule has 2 aromatic carbocycles. The summed E-state index contributed by atoms with van der Waals surface area (Å²) in [5.74, 6) is 0.286. The lowest BCUT2D eigenvalue weighted by molar-refractivity contribution is -0.148. The molecule has 112 valence electrons. The molecule has 2 aromatic rings. The van der Waals surface area contributed by atoms with Crippen LogP contribution < -0.4 is 4.90 Å². The molecule has 1 heterocycles. The first-order valence-electron chi connectivity index (χ1n) is 7.46. The molecule has 1 unspecified atom stereocenters. The van der Waals surface area contributed by atoms with Gasteiger partial charge in [0.25, 0.3) is 0 Å². The second-order valence-corrected chi connectivity index (χ2v) is 7.95. The van der Waals surface area contributed by atoms with Crippen molar-refractivity contribution in [2.75, 3.05) is 4.90 Å². The average molecular weight is 421 g/mol. The quantitative estimate of drug-likeness (QED) is 0.590. The van der Waals surface area contributed by atoms with E-state index in [1.54, 1.807) is 0 Å².